The molecule has 7 nitrogen and oxygen atoms in total. The molecular weight excluding hydrogens is 400 g/mol. The lowest BCUT2D eigenvalue weighted by Gasteiger charge is -2.13. The van der Waals surface area contributed by atoms with Crippen LogP contribution in [-0.2, 0) is 9.59 Å². The van der Waals surface area contributed by atoms with E-state index in [0.717, 1.165) is 0 Å². The van der Waals surface area contributed by atoms with Crippen LogP contribution in [-0.4, -0.2) is 59.7 Å². The highest BCUT2D eigenvalue weighted by atomic mass is 79.9. The van der Waals surface area contributed by atoms with Crippen LogP contribution < -0.4 is 9.47 Å². The van der Waals surface area contributed by atoms with Gasteiger partial charge in [0.25, 0.3) is 5.91 Å². The molecular formula is C15H15BrN2O5S. The number of carboxylic acids is 1. The van der Waals surface area contributed by atoms with Crippen molar-refractivity contribution in [2.24, 2.45) is 0 Å². The topological polar surface area (TPSA) is 79.3 Å². The number of carboxylic acid groups (broad SMARTS) is 1. The SMILES string of the molecule is COc1cc(/C=C2/C(=O)N(C)C(=S)N2C)c(Br)cc1OCC(=O)O. The van der Waals surface area contributed by atoms with Crippen molar-refractivity contribution >= 4 is 51.2 Å². The summed E-state index contributed by atoms with van der Waals surface area (Å²) >= 11 is 8.57. The van der Waals surface area contributed by atoms with E-state index in [-0.39, 0.29) is 11.7 Å². The Labute approximate surface area is 152 Å². The number of carbonyl (C=O) groups excluding carboxylic acids is 1. The highest BCUT2D eigenvalue weighted by Crippen LogP contribution is 2.35. The van der Waals surface area contributed by atoms with Gasteiger partial charge in [-0.2, -0.15) is 0 Å². The highest BCUT2D eigenvalue weighted by Gasteiger charge is 2.32. The van der Waals surface area contributed by atoms with Crippen molar-refractivity contribution in [2.75, 3.05) is 27.8 Å². The van der Waals surface area contributed by atoms with Gasteiger partial charge >= 0.3 is 5.97 Å². The summed E-state index contributed by atoms with van der Waals surface area (Å²) in [7, 11) is 4.77. The third-order valence-corrected chi connectivity index (χ3v) is 4.62. The Hall–Kier alpha value is -2.13. The zero-order valence-electron chi connectivity index (χ0n) is 13.2. The predicted octanol–water partition coefficient (Wildman–Crippen LogP) is 1.95. The van der Waals surface area contributed by atoms with Gasteiger partial charge in [0.1, 0.15) is 5.70 Å². The average Bonchev–Trinajstić information content (AvgIpc) is 2.72. The van der Waals surface area contributed by atoms with E-state index in [9.17, 15) is 9.59 Å². The Morgan fingerprint density at radius 2 is 2.00 bits per heavy atom. The van der Waals surface area contributed by atoms with Gasteiger partial charge in [-0.15, -0.1) is 0 Å². The Kier molecular flexibility index (Phi) is 5.45. The van der Waals surface area contributed by atoms with Crippen molar-refractivity contribution in [3.8, 4) is 11.5 Å². The maximum absolute atomic E-state index is 12.2. The molecule has 0 atom stereocenters. The minimum Gasteiger partial charge on any atom is -0.493 e. The van der Waals surface area contributed by atoms with Crippen LogP contribution in [0.25, 0.3) is 6.08 Å². The molecule has 1 heterocycles. The van der Waals surface area contributed by atoms with Crippen molar-refractivity contribution in [1.82, 2.24) is 9.80 Å². The standard InChI is InChI=1S/C15H15BrN2O5S/c1-17-10(14(21)18(2)15(17)24)4-8-5-11(22-3)12(6-9(8)16)23-7-13(19)20/h4-6H,7H2,1-3H3,(H,19,20)/b10-4-. The van der Waals surface area contributed by atoms with Crippen molar-refractivity contribution in [1.29, 1.82) is 0 Å². The lowest BCUT2D eigenvalue weighted by molar-refractivity contribution is -0.139. The van der Waals surface area contributed by atoms with Crippen molar-refractivity contribution < 1.29 is 24.2 Å². The van der Waals surface area contributed by atoms with E-state index in [1.165, 1.54) is 12.0 Å². The number of benzene rings is 1. The molecule has 1 aliphatic rings. The van der Waals surface area contributed by atoms with Gasteiger partial charge in [-0.1, -0.05) is 15.9 Å². The van der Waals surface area contributed by atoms with Crippen molar-refractivity contribution in [3.63, 3.8) is 0 Å². The van der Waals surface area contributed by atoms with Crippen LogP contribution >= 0.6 is 28.1 Å². The number of nitrogens with zero attached hydrogens (tertiary/aromatic N) is 2. The smallest absolute Gasteiger partial charge is 0.341 e. The zero-order valence-corrected chi connectivity index (χ0v) is 15.6. The number of rotatable bonds is 5. The lowest BCUT2D eigenvalue weighted by Crippen LogP contribution is -2.26. The Bertz CT molecular complexity index is 750. The molecule has 0 bridgehead atoms. The van der Waals surface area contributed by atoms with Gasteiger partial charge in [0, 0.05) is 18.6 Å². The monoisotopic (exact) mass is 414 g/mol. The molecule has 0 unspecified atom stereocenters. The highest BCUT2D eigenvalue weighted by molar-refractivity contribution is 9.10. The van der Waals surface area contributed by atoms with Crippen LogP contribution in [0.5, 0.6) is 11.5 Å². The van der Waals surface area contributed by atoms with E-state index in [1.54, 1.807) is 37.2 Å². The van der Waals surface area contributed by atoms with E-state index in [2.05, 4.69) is 15.9 Å². The molecule has 128 valence electrons. The maximum Gasteiger partial charge on any atom is 0.341 e. The molecule has 24 heavy (non-hydrogen) atoms. The van der Waals surface area contributed by atoms with Crippen LogP contribution in [0.4, 0.5) is 0 Å². The molecule has 1 fully saturated rings. The summed E-state index contributed by atoms with van der Waals surface area (Å²) in [6.45, 7) is -0.483. The first-order valence-electron chi connectivity index (χ1n) is 6.75. The Balaban J connectivity index is 2.41. The lowest BCUT2D eigenvalue weighted by atomic mass is 10.1. The summed E-state index contributed by atoms with van der Waals surface area (Å²) in [5.74, 6) is -0.656. The van der Waals surface area contributed by atoms with Gasteiger partial charge in [0.15, 0.2) is 23.2 Å². The fourth-order valence-electron chi connectivity index (χ4n) is 2.11. The summed E-state index contributed by atoms with van der Waals surface area (Å²) in [5, 5.41) is 9.13. The number of amides is 1. The molecule has 0 radical (unpaired) electrons. The quantitative estimate of drug-likeness (QED) is 0.582. The molecule has 1 saturated heterocycles. The summed E-state index contributed by atoms with van der Waals surface area (Å²) in [5.41, 5.74) is 1.09. The molecule has 0 aliphatic carbocycles. The first-order chi connectivity index (χ1) is 11.3. The molecule has 9 heteroatoms. The van der Waals surface area contributed by atoms with E-state index < -0.39 is 12.6 Å². The molecule has 0 saturated carbocycles. The number of aliphatic carboxylic acids is 1. The fraction of sp³-hybridized carbons (Fsp3) is 0.267. The molecule has 1 aromatic carbocycles. The molecule has 0 aromatic heterocycles. The van der Waals surface area contributed by atoms with Gasteiger partial charge in [-0.3, -0.25) is 9.69 Å². The number of ether oxygens (including phenoxy) is 2. The second-order valence-corrected chi connectivity index (χ2v) is 6.16. The van der Waals surface area contributed by atoms with Gasteiger partial charge in [-0.05, 0) is 36.0 Å². The van der Waals surface area contributed by atoms with Crippen LogP contribution in [0, 0.1) is 0 Å². The molecule has 1 N–H and O–H groups in total. The molecule has 0 spiro atoms. The van der Waals surface area contributed by atoms with Crippen LogP contribution in [0.15, 0.2) is 22.3 Å². The van der Waals surface area contributed by atoms with Gasteiger partial charge in [-0.25, -0.2) is 4.79 Å². The van der Waals surface area contributed by atoms with E-state index in [4.69, 9.17) is 26.8 Å². The van der Waals surface area contributed by atoms with Gasteiger partial charge < -0.3 is 19.5 Å². The number of hydrogen-bond donors (Lipinski definition) is 1. The third kappa shape index (κ3) is 3.51. The third-order valence-electron chi connectivity index (χ3n) is 3.39. The number of thiocarbonyl (C=S) groups is 1. The number of likely N-dealkylation sites (N-methyl/N-ethyl adjacent to an activating group) is 2. The van der Waals surface area contributed by atoms with Crippen LogP contribution in [0.1, 0.15) is 5.56 Å². The average molecular weight is 415 g/mol. The first-order valence-corrected chi connectivity index (χ1v) is 7.96. The van der Waals surface area contributed by atoms with Gasteiger partial charge in [0.05, 0.1) is 7.11 Å². The molecule has 1 aliphatic heterocycles. The number of carbonyl (C=O) groups is 2. The second-order valence-electron chi connectivity index (χ2n) is 4.94. The molecule has 1 aromatic rings. The van der Waals surface area contributed by atoms with E-state index >= 15 is 0 Å². The largest absolute Gasteiger partial charge is 0.493 e. The minimum atomic E-state index is -1.09. The summed E-state index contributed by atoms with van der Waals surface area (Å²) in [6, 6.07) is 3.24. The predicted molar refractivity (Wildman–Crippen MR) is 94.9 cm³/mol. The number of methoxy groups -OCH3 is 1. The Morgan fingerprint density at radius 1 is 1.33 bits per heavy atom. The second kappa shape index (κ2) is 7.18. The molecule has 1 amide bonds. The fourth-order valence-corrected chi connectivity index (χ4v) is 2.73. The number of halogens is 1. The first kappa shape index (κ1) is 18.2. The van der Waals surface area contributed by atoms with E-state index in [0.29, 0.717) is 26.6 Å². The summed E-state index contributed by atoms with van der Waals surface area (Å²) < 4.78 is 11.0. The number of hydrogen-bond acceptors (Lipinski definition) is 5. The van der Waals surface area contributed by atoms with Crippen molar-refractivity contribution in [3.05, 3.63) is 27.9 Å². The Morgan fingerprint density at radius 3 is 2.50 bits per heavy atom. The van der Waals surface area contributed by atoms with E-state index in [1.807, 2.05) is 0 Å². The summed E-state index contributed by atoms with van der Waals surface area (Å²) in [6.07, 6.45) is 1.67. The minimum absolute atomic E-state index is 0.209. The molecule has 2 rings (SSSR count). The zero-order chi connectivity index (χ0) is 18.0. The maximum atomic E-state index is 12.2. The summed E-state index contributed by atoms with van der Waals surface area (Å²) in [4.78, 5) is 25.9. The van der Waals surface area contributed by atoms with Crippen LogP contribution in [0.2, 0.25) is 0 Å². The van der Waals surface area contributed by atoms with Crippen molar-refractivity contribution in [2.45, 2.75) is 0 Å². The normalized spacial score (nSPS) is 16.1. The van der Waals surface area contributed by atoms with Gasteiger partial charge in [0.2, 0.25) is 0 Å². The van der Waals surface area contributed by atoms with Crippen LogP contribution in [0.3, 0.4) is 0 Å².